The van der Waals surface area contributed by atoms with Crippen LogP contribution < -0.4 is 5.56 Å². The van der Waals surface area contributed by atoms with Crippen molar-refractivity contribution in [3.05, 3.63) is 58.1 Å². The highest BCUT2D eigenvalue weighted by molar-refractivity contribution is 5.82. The number of benzene rings is 1. The van der Waals surface area contributed by atoms with Gasteiger partial charge in [0.15, 0.2) is 5.65 Å². The van der Waals surface area contributed by atoms with Gasteiger partial charge in [0.05, 0.1) is 16.6 Å². The number of rotatable bonds is 2. The molecular weight excluding hydrogens is 319 g/mol. The third kappa shape index (κ3) is 2.89. The second-order valence-electron chi connectivity index (χ2n) is 5.72. The lowest BCUT2D eigenvalue weighted by Gasteiger charge is -2.13. The fraction of sp³-hybridized carbons (Fsp3) is 0.235. The number of pyridine rings is 1. The van der Waals surface area contributed by atoms with E-state index in [1.54, 1.807) is 44.2 Å². The number of nitrogens with zero attached hydrogens (tertiary/aromatic N) is 2. The SMILES string of the molecule is CC(C)c1nc2nc(-c3ccccc3)cc(C(F)(F)F)c2c(=O)[nH]1. The average Bonchev–Trinajstić information content (AvgIpc) is 2.53. The van der Waals surface area contributed by atoms with Gasteiger partial charge in [-0.3, -0.25) is 4.79 Å². The van der Waals surface area contributed by atoms with Gasteiger partial charge in [-0.2, -0.15) is 13.2 Å². The lowest BCUT2D eigenvalue weighted by atomic mass is 10.1. The second kappa shape index (κ2) is 5.74. The minimum absolute atomic E-state index is 0.128. The van der Waals surface area contributed by atoms with Crippen LogP contribution >= 0.6 is 0 Å². The quantitative estimate of drug-likeness (QED) is 0.767. The van der Waals surface area contributed by atoms with Gasteiger partial charge in [0, 0.05) is 11.5 Å². The van der Waals surface area contributed by atoms with Crippen molar-refractivity contribution < 1.29 is 13.2 Å². The smallest absolute Gasteiger partial charge is 0.310 e. The van der Waals surface area contributed by atoms with E-state index in [1.165, 1.54) is 0 Å². The zero-order valence-corrected chi connectivity index (χ0v) is 13.0. The van der Waals surface area contributed by atoms with Crippen LogP contribution in [0.15, 0.2) is 41.2 Å². The molecule has 1 aromatic carbocycles. The van der Waals surface area contributed by atoms with Crippen molar-refractivity contribution in [3.8, 4) is 11.3 Å². The van der Waals surface area contributed by atoms with E-state index in [0.29, 0.717) is 11.4 Å². The number of aromatic nitrogens is 3. The number of alkyl halides is 3. The summed E-state index contributed by atoms with van der Waals surface area (Å²) in [5.41, 5.74) is -1.41. The molecule has 3 aromatic rings. The topological polar surface area (TPSA) is 58.6 Å². The van der Waals surface area contributed by atoms with Crippen molar-refractivity contribution in [1.29, 1.82) is 0 Å². The first-order chi connectivity index (χ1) is 11.3. The minimum atomic E-state index is -4.68. The molecule has 0 saturated carbocycles. The monoisotopic (exact) mass is 333 g/mol. The number of H-pyrrole nitrogens is 1. The molecule has 0 fully saturated rings. The van der Waals surface area contributed by atoms with Crippen molar-refractivity contribution in [2.45, 2.75) is 25.9 Å². The molecule has 0 aliphatic heterocycles. The first-order valence-corrected chi connectivity index (χ1v) is 7.35. The first-order valence-electron chi connectivity index (χ1n) is 7.35. The summed E-state index contributed by atoms with van der Waals surface area (Å²) in [6.07, 6.45) is -4.68. The zero-order chi connectivity index (χ0) is 17.5. The summed E-state index contributed by atoms with van der Waals surface area (Å²) >= 11 is 0. The van der Waals surface area contributed by atoms with Crippen LogP contribution in [0.2, 0.25) is 0 Å². The molecule has 0 amide bonds. The maximum Gasteiger partial charge on any atom is 0.417 e. The highest BCUT2D eigenvalue weighted by Crippen LogP contribution is 2.35. The summed E-state index contributed by atoms with van der Waals surface area (Å²) in [6.45, 7) is 3.58. The Morgan fingerprint density at radius 2 is 1.75 bits per heavy atom. The van der Waals surface area contributed by atoms with Crippen LogP contribution in [0, 0.1) is 0 Å². The van der Waals surface area contributed by atoms with Crippen molar-refractivity contribution >= 4 is 11.0 Å². The highest BCUT2D eigenvalue weighted by Gasteiger charge is 2.35. The van der Waals surface area contributed by atoms with Gasteiger partial charge < -0.3 is 4.98 Å². The van der Waals surface area contributed by atoms with Crippen LogP contribution in [-0.2, 0) is 6.18 Å². The Kier molecular flexibility index (Phi) is 3.87. The van der Waals surface area contributed by atoms with E-state index in [4.69, 9.17) is 0 Å². The molecule has 7 heteroatoms. The second-order valence-corrected chi connectivity index (χ2v) is 5.72. The van der Waals surface area contributed by atoms with E-state index < -0.39 is 22.7 Å². The first kappa shape index (κ1) is 16.2. The average molecular weight is 333 g/mol. The van der Waals surface area contributed by atoms with Gasteiger partial charge in [-0.1, -0.05) is 44.2 Å². The summed E-state index contributed by atoms with van der Waals surface area (Å²) < 4.78 is 40.3. The zero-order valence-electron chi connectivity index (χ0n) is 13.0. The van der Waals surface area contributed by atoms with E-state index in [0.717, 1.165) is 6.07 Å². The van der Waals surface area contributed by atoms with Gasteiger partial charge in [0.1, 0.15) is 5.82 Å². The van der Waals surface area contributed by atoms with Crippen LogP contribution in [0.3, 0.4) is 0 Å². The molecule has 24 heavy (non-hydrogen) atoms. The van der Waals surface area contributed by atoms with Crippen LogP contribution in [0.5, 0.6) is 0 Å². The van der Waals surface area contributed by atoms with Gasteiger partial charge >= 0.3 is 6.18 Å². The molecule has 0 atom stereocenters. The summed E-state index contributed by atoms with van der Waals surface area (Å²) in [7, 11) is 0. The molecule has 0 bridgehead atoms. The van der Waals surface area contributed by atoms with E-state index in [-0.39, 0.29) is 17.3 Å². The van der Waals surface area contributed by atoms with Crippen LogP contribution in [0.25, 0.3) is 22.3 Å². The standard InChI is InChI=1S/C17H14F3N3O/c1-9(2)14-22-15-13(16(24)23-14)11(17(18,19)20)8-12(21-15)10-6-4-3-5-7-10/h3-9H,1-2H3,(H,21,22,23,24). The Hall–Kier alpha value is -2.70. The normalized spacial score (nSPS) is 12.1. The molecule has 0 spiro atoms. The fourth-order valence-corrected chi connectivity index (χ4v) is 2.41. The van der Waals surface area contributed by atoms with Crippen molar-refractivity contribution in [2.75, 3.05) is 0 Å². The van der Waals surface area contributed by atoms with Crippen LogP contribution in [-0.4, -0.2) is 15.0 Å². The summed E-state index contributed by atoms with van der Waals surface area (Å²) in [5, 5.41) is -0.536. The molecule has 2 heterocycles. The number of aromatic amines is 1. The minimum Gasteiger partial charge on any atom is -0.310 e. The molecule has 0 saturated heterocycles. The lowest BCUT2D eigenvalue weighted by molar-refractivity contribution is -0.136. The predicted octanol–water partition coefficient (Wildman–Crippen LogP) is 4.13. The molecule has 4 nitrogen and oxygen atoms in total. The van der Waals surface area contributed by atoms with E-state index in [9.17, 15) is 18.0 Å². The lowest BCUT2D eigenvalue weighted by Crippen LogP contribution is -2.19. The number of halogens is 3. The number of fused-ring (bicyclic) bond motifs is 1. The fourth-order valence-electron chi connectivity index (χ4n) is 2.41. The summed E-state index contributed by atoms with van der Waals surface area (Å²) in [4.78, 5) is 22.9. The number of nitrogens with one attached hydrogen (secondary N) is 1. The molecule has 0 aliphatic rings. The van der Waals surface area contributed by atoms with Gasteiger partial charge in [-0.05, 0) is 6.07 Å². The van der Waals surface area contributed by atoms with Gasteiger partial charge in [0.2, 0.25) is 0 Å². The Balaban J connectivity index is 2.40. The highest BCUT2D eigenvalue weighted by atomic mass is 19.4. The van der Waals surface area contributed by atoms with Gasteiger partial charge in [-0.25, -0.2) is 9.97 Å². The molecule has 3 rings (SSSR count). The molecule has 124 valence electrons. The molecular formula is C17H14F3N3O. The predicted molar refractivity (Wildman–Crippen MR) is 84.7 cm³/mol. The van der Waals surface area contributed by atoms with Crippen LogP contribution in [0.1, 0.15) is 31.2 Å². The molecule has 1 N–H and O–H groups in total. The third-order valence-corrected chi connectivity index (χ3v) is 3.62. The Bertz CT molecular complexity index is 947. The maximum atomic E-state index is 13.4. The van der Waals surface area contributed by atoms with Gasteiger partial charge in [-0.15, -0.1) is 0 Å². The van der Waals surface area contributed by atoms with E-state index >= 15 is 0 Å². The molecule has 2 aromatic heterocycles. The number of hydrogen-bond acceptors (Lipinski definition) is 3. The molecule has 0 unspecified atom stereocenters. The van der Waals surface area contributed by atoms with Crippen molar-refractivity contribution in [2.24, 2.45) is 0 Å². The molecule has 0 radical (unpaired) electrons. The molecule has 0 aliphatic carbocycles. The Morgan fingerprint density at radius 3 is 2.33 bits per heavy atom. The Labute approximate surface area is 135 Å². The largest absolute Gasteiger partial charge is 0.417 e. The maximum absolute atomic E-state index is 13.4. The van der Waals surface area contributed by atoms with Crippen LogP contribution in [0.4, 0.5) is 13.2 Å². The summed E-state index contributed by atoms with van der Waals surface area (Å²) in [5.74, 6) is 0.164. The Morgan fingerprint density at radius 1 is 1.08 bits per heavy atom. The third-order valence-electron chi connectivity index (χ3n) is 3.62. The van der Waals surface area contributed by atoms with E-state index in [2.05, 4.69) is 15.0 Å². The summed E-state index contributed by atoms with van der Waals surface area (Å²) in [6, 6.07) is 9.38. The van der Waals surface area contributed by atoms with Gasteiger partial charge in [0.25, 0.3) is 5.56 Å². The number of hydrogen-bond donors (Lipinski definition) is 1. The van der Waals surface area contributed by atoms with Crippen molar-refractivity contribution in [1.82, 2.24) is 15.0 Å². The van der Waals surface area contributed by atoms with E-state index in [1.807, 2.05) is 0 Å². The van der Waals surface area contributed by atoms with Crippen molar-refractivity contribution in [3.63, 3.8) is 0 Å².